The van der Waals surface area contributed by atoms with Crippen molar-refractivity contribution in [1.82, 2.24) is 0 Å². The number of carbonyl (C=O) groups is 1. The van der Waals surface area contributed by atoms with E-state index in [2.05, 4.69) is 4.99 Å². The molecule has 29 heavy (non-hydrogen) atoms. The fraction of sp³-hybridized carbons (Fsp3) is 0. The lowest BCUT2D eigenvalue weighted by Crippen LogP contribution is -2.05. The molecule has 0 saturated heterocycles. The number of nitro benzene ring substituents is 1. The monoisotopic (exact) mass is 386 g/mol. The zero-order valence-electron chi connectivity index (χ0n) is 15.0. The molecule has 0 N–H and O–H groups in total. The number of hydrogen-bond acceptors (Lipinski definition) is 6. The van der Waals surface area contributed by atoms with Crippen molar-refractivity contribution in [1.29, 1.82) is 0 Å². The van der Waals surface area contributed by atoms with Gasteiger partial charge in [0, 0.05) is 17.7 Å². The molecule has 4 rings (SSSR count). The normalized spacial score (nSPS) is 14.4. The molecule has 1 aliphatic rings. The molecule has 0 unspecified atom stereocenters. The van der Waals surface area contributed by atoms with E-state index in [9.17, 15) is 14.9 Å². The van der Waals surface area contributed by atoms with Crippen molar-refractivity contribution in [2.24, 2.45) is 4.99 Å². The maximum Gasteiger partial charge on any atom is 0.363 e. The summed E-state index contributed by atoms with van der Waals surface area (Å²) in [6.45, 7) is 0. The molecule has 142 valence electrons. The quantitative estimate of drug-likeness (QED) is 0.274. The number of para-hydroxylation sites is 1. The summed E-state index contributed by atoms with van der Waals surface area (Å²) in [5.74, 6) is 0.841. The molecule has 3 aromatic rings. The van der Waals surface area contributed by atoms with E-state index in [0.29, 0.717) is 17.1 Å². The van der Waals surface area contributed by atoms with E-state index in [0.717, 1.165) is 5.56 Å². The van der Waals surface area contributed by atoms with Crippen LogP contribution >= 0.6 is 0 Å². The number of rotatable bonds is 5. The third kappa shape index (κ3) is 4.19. The minimum atomic E-state index is -0.590. The van der Waals surface area contributed by atoms with Crippen LogP contribution in [-0.2, 0) is 9.53 Å². The molecular formula is C22H14N2O5. The van der Waals surface area contributed by atoms with Crippen LogP contribution in [0.2, 0.25) is 0 Å². The lowest BCUT2D eigenvalue weighted by molar-refractivity contribution is -0.384. The van der Waals surface area contributed by atoms with Gasteiger partial charge in [-0.1, -0.05) is 30.3 Å². The number of non-ortho nitro benzene ring substituents is 1. The fourth-order valence-corrected chi connectivity index (χ4v) is 2.71. The topological polar surface area (TPSA) is 91.0 Å². The molecule has 7 heteroatoms. The SMILES string of the molecule is O=C1OC(c2ccc([N+](=O)[O-])cc2)=NC1=Cc1cccc(Oc2ccccc2)c1. The Morgan fingerprint density at radius 3 is 2.38 bits per heavy atom. The largest absolute Gasteiger partial charge is 0.457 e. The number of aliphatic imine (C=N–C) groups is 1. The molecule has 3 aromatic carbocycles. The van der Waals surface area contributed by atoms with Crippen LogP contribution in [0.25, 0.3) is 6.08 Å². The molecule has 0 spiro atoms. The Bertz CT molecular complexity index is 1140. The van der Waals surface area contributed by atoms with Crippen molar-refractivity contribution < 1.29 is 19.2 Å². The van der Waals surface area contributed by atoms with E-state index in [-0.39, 0.29) is 17.3 Å². The first kappa shape index (κ1) is 18.1. The number of hydrogen-bond donors (Lipinski definition) is 0. The smallest absolute Gasteiger partial charge is 0.363 e. The van der Waals surface area contributed by atoms with E-state index in [1.165, 1.54) is 24.3 Å². The highest BCUT2D eigenvalue weighted by Gasteiger charge is 2.24. The highest BCUT2D eigenvalue weighted by molar-refractivity contribution is 6.12. The first-order valence-corrected chi connectivity index (χ1v) is 8.69. The number of carbonyl (C=O) groups excluding carboxylic acids is 1. The Hall–Kier alpha value is -4.26. The molecule has 0 saturated carbocycles. The summed E-state index contributed by atoms with van der Waals surface area (Å²) in [5, 5.41) is 10.8. The summed E-state index contributed by atoms with van der Waals surface area (Å²) >= 11 is 0. The molecule has 0 bridgehead atoms. The van der Waals surface area contributed by atoms with Crippen LogP contribution in [0.4, 0.5) is 5.69 Å². The van der Waals surface area contributed by atoms with Crippen molar-refractivity contribution in [2.75, 3.05) is 0 Å². The van der Waals surface area contributed by atoms with Gasteiger partial charge in [0.15, 0.2) is 5.70 Å². The minimum absolute atomic E-state index is 0.0512. The van der Waals surface area contributed by atoms with Crippen molar-refractivity contribution in [3.05, 3.63) is 106 Å². The second kappa shape index (κ2) is 7.77. The predicted molar refractivity (Wildman–Crippen MR) is 107 cm³/mol. The van der Waals surface area contributed by atoms with Gasteiger partial charge in [-0.3, -0.25) is 10.1 Å². The maximum absolute atomic E-state index is 12.2. The van der Waals surface area contributed by atoms with Gasteiger partial charge in [0.05, 0.1) is 4.92 Å². The molecule has 0 aromatic heterocycles. The van der Waals surface area contributed by atoms with E-state index in [1.807, 2.05) is 48.5 Å². The van der Waals surface area contributed by atoms with E-state index in [4.69, 9.17) is 9.47 Å². The Morgan fingerprint density at radius 2 is 1.66 bits per heavy atom. The van der Waals surface area contributed by atoms with Crippen LogP contribution in [0.1, 0.15) is 11.1 Å². The lowest BCUT2D eigenvalue weighted by atomic mass is 10.2. The number of cyclic esters (lactones) is 1. The lowest BCUT2D eigenvalue weighted by Gasteiger charge is -2.05. The zero-order chi connectivity index (χ0) is 20.2. The van der Waals surface area contributed by atoms with Crippen molar-refractivity contribution in [2.45, 2.75) is 0 Å². The van der Waals surface area contributed by atoms with Gasteiger partial charge in [-0.05, 0) is 48.0 Å². The molecule has 0 amide bonds. The second-order valence-electron chi connectivity index (χ2n) is 6.13. The molecule has 1 heterocycles. The van der Waals surface area contributed by atoms with Gasteiger partial charge in [0.2, 0.25) is 5.90 Å². The maximum atomic E-state index is 12.2. The minimum Gasteiger partial charge on any atom is -0.457 e. The van der Waals surface area contributed by atoms with Crippen molar-refractivity contribution in [3.8, 4) is 11.5 Å². The summed E-state index contributed by atoms with van der Waals surface area (Å²) in [6, 6.07) is 22.2. The molecular weight excluding hydrogens is 372 g/mol. The van der Waals surface area contributed by atoms with Crippen LogP contribution in [0, 0.1) is 10.1 Å². The highest BCUT2D eigenvalue weighted by Crippen LogP contribution is 2.25. The predicted octanol–water partition coefficient (Wildman–Crippen LogP) is 4.73. The molecule has 0 fully saturated rings. The summed E-state index contributed by atoms with van der Waals surface area (Å²) in [7, 11) is 0. The summed E-state index contributed by atoms with van der Waals surface area (Å²) in [5.41, 5.74) is 1.28. The van der Waals surface area contributed by atoms with Gasteiger partial charge in [-0.25, -0.2) is 9.79 Å². The first-order chi connectivity index (χ1) is 14.1. The molecule has 1 aliphatic heterocycles. The zero-order valence-corrected chi connectivity index (χ0v) is 15.0. The first-order valence-electron chi connectivity index (χ1n) is 8.69. The number of esters is 1. The van der Waals surface area contributed by atoms with E-state index in [1.54, 1.807) is 12.1 Å². The standard InChI is InChI=1S/C22H14N2O5/c25-22-20(23-21(29-22)16-9-11-17(12-10-16)24(26)27)14-15-5-4-8-19(13-15)28-18-6-2-1-3-7-18/h1-14H. The Kier molecular flexibility index (Phi) is 4.86. The Morgan fingerprint density at radius 1 is 0.931 bits per heavy atom. The Labute approximate surface area is 165 Å². The highest BCUT2D eigenvalue weighted by atomic mass is 16.6. The van der Waals surface area contributed by atoms with E-state index < -0.39 is 10.9 Å². The average Bonchev–Trinajstić information content (AvgIpc) is 3.09. The van der Waals surface area contributed by atoms with Crippen LogP contribution in [-0.4, -0.2) is 16.8 Å². The fourth-order valence-electron chi connectivity index (χ4n) is 2.71. The van der Waals surface area contributed by atoms with Gasteiger partial charge >= 0.3 is 5.97 Å². The van der Waals surface area contributed by atoms with Crippen LogP contribution in [0.3, 0.4) is 0 Å². The van der Waals surface area contributed by atoms with Gasteiger partial charge in [-0.15, -0.1) is 0 Å². The van der Waals surface area contributed by atoms with Gasteiger partial charge < -0.3 is 9.47 Å². The van der Waals surface area contributed by atoms with Crippen LogP contribution < -0.4 is 4.74 Å². The van der Waals surface area contributed by atoms with E-state index >= 15 is 0 Å². The van der Waals surface area contributed by atoms with Crippen molar-refractivity contribution in [3.63, 3.8) is 0 Å². The molecule has 0 atom stereocenters. The number of nitrogens with zero attached hydrogens (tertiary/aromatic N) is 2. The Balaban J connectivity index is 1.57. The van der Waals surface area contributed by atoms with Crippen LogP contribution in [0.15, 0.2) is 89.6 Å². The summed E-state index contributed by atoms with van der Waals surface area (Å²) in [6.07, 6.45) is 1.60. The number of ether oxygens (including phenoxy) is 2. The van der Waals surface area contributed by atoms with Gasteiger partial charge in [-0.2, -0.15) is 0 Å². The van der Waals surface area contributed by atoms with Crippen molar-refractivity contribution >= 4 is 23.6 Å². The third-order valence-electron chi connectivity index (χ3n) is 4.09. The molecule has 0 aliphatic carbocycles. The molecule has 7 nitrogen and oxygen atoms in total. The second-order valence-corrected chi connectivity index (χ2v) is 6.13. The average molecular weight is 386 g/mol. The third-order valence-corrected chi connectivity index (χ3v) is 4.09. The summed E-state index contributed by atoms with van der Waals surface area (Å²) in [4.78, 5) is 26.6. The van der Waals surface area contributed by atoms with Gasteiger partial charge in [0.25, 0.3) is 5.69 Å². The summed E-state index contributed by atoms with van der Waals surface area (Å²) < 4.78 is 11.0. The number of nitro groups is 1. The molecule has 0 radical (unpaired) electrons. The number of benzene rings is 3. The van der Waals surface area contributed by atoms with Crippen LogP contribution in [0.5, 0.6) is 11.5 Å². The van der Waals surface area contributed by atoms with Gasteiger partial charge in [0.1, 0.15) is 11.5 Å².